The zero-order chi connectivity index (χ0) is 22.7. The summed E-state index contributed by atoms with van der Waals surface area (Å²) in [6.07, 6.45) is 1.75. The summed E-state index contributed by atoms with van der Waals surface area (Å²) in [6, 6.07) is 24.9. The summed E-state index contributed by atoms with van der Waals surface area (Å²) >= 11 is 24.9. The Morgan fingerprint density at radius 2 is 1.50 bits per heavy atom. The van der Waals surface area contributed by atoms with E-state index in [-0.39, 0.29) is 6.61 Å². The molecule has 0 unspecified atom stereocenters. The standard InChI is InChI=1S/C26H15Cl4NO/c27-22-8-5-16(10-23(22)28)15-32-26-24(29)11-17(12-25(26)30)9-21(14-31)20-7-6-18-3-1-2-4-19(18)13-20/h1-13H,15H2/b21-9-. The third-order valence-corrected chi connectivity index (χ3v) is 6.18. The highest BCUT2D eigenvalue weighted by Crippen LogP contribution is 2.36. The van der Waals surface area contributed by atoms with Crippen LogP contribution in [0.15, 0.2) is 72.8 Å². The number of allylic oxidation sites excluding steroid dienone is 1. The number of halogens is 4. The molecule has 32 heavy (non-hydrogen) atoms. The summed E-state index contributed by atoms with van der Waals surface area (Å²) in [7, 11) is 0. The van der Waals surface area contributed by atoms with E-state index < -0.39 is 0 Å². The van der Waals surface area contributed by atoms with Crippen molar-refractivity contribution in [2.45, 2.75) is 6.61 Å². The molecule has 4 aromatic rings. The van der Waals surface area contributed by atoms with Crippen molar-refractivity contribution in [1.29, 1.82) is 5.26 Å². The van der Waals surface area contributed by atoms with Crippen molar-refractivity contribution in [1.82, 2.24) is 0 Å². The highest BCUT2D eigenvalue weighted by Gasteiger charge is 2.11. The van der Waals surface area contributed by atoms with E-state index in [2.05, 4.69) is 6.07 Å². The van der Waals surface area contributed by atoms with E-state index >= 15 is 0 Å². The number of rotatable bonds is 5. The molecule has 0 amide bonds. The van der Waals surface area contributed by atoms with Gasteiger partial charge in [0.15, 0.2) is 5.75 Å². The van der Waals surface area contributed by atoms with Gasteiger partial charge in [-0.2, -0.15) is 5.26 Å². The maximum atomic E-state index is 9.73. The lowest BCUT2D eigenvalue weighted by molar-refractivity contribution is 0.306. The van der Waals surface area contributed by atoms with Gasteiger partial charge in [-0.25, -0.2) is 0 Å². The Morgan fingerprint density at radius 3 is 2.19 bits per heavy atom. The first-order valence-electron chi connectivity index (χ1n) is 9.61. The van der Waals surface area contributed by atoms with E-state index in [9.17, 15) is 5.26 Å². The molecule has 6 heteroatoms. The second-order valence-corrected chi connectivity index (χ2v) is 8.71. The molecule has 2 nitrogen and oxygen atoms in total. The molecule has 0 radical (unpaired) electrons. The van der Waals surface area contributed by atoms with E-state index in [0.717, 1.165) is 21.9 Å². The molecule has 0 saturated heterocycles. The van der Waals surface area contributed by atoms with Gasteiger partial charge in [0.2, 0.25) is 0 Å². The first kappa shape index (κ1) is 22.5. The average molecular weight is 499 g/mol. The molecule has 0 heterocycles. The Morgan fingerprint density at radius 1 is 0.781 bits per heavy atom. The molecule has 0 spiro atoms. The summed E-state index contributed by atoms with van der Waals surface area (Å²) in [5.41, 5.74) is 2.86. The number of hydrogen-bond acceptors (Lipinski definition) is 2. The van der Waals surface area contributed by atoms with Crippen LogP contribution in [0.4, 0.5) is 0 Å². The van der Waals surface area contributed by atoms with Gasteiger partial charge in [0, 0.05) is 0 Å². The normalized spacial score (nSPS) is 11.4. The zero-order valence-electron chi connectivity index (χ0n) is 16.6. The van der Waals surface area contributed by atoms with Crippen LogP contribution in [-0.2, 0) is 6.61 Å². The summed E-state index contributed by atoms with van der Waals surface area (Å²) in [5.74, 6) is 0.362. The van der Waals surface area contributed by atoms with Crippen molar-refractivity contribution in [2.75, 3.05) is 0 Å². The molecule has 0 aliphatic rings. The summed E-state index contributed by atoms with van der Waals surface area (Å²) in [6.45, 7) is 0.228. The first-order valence-corrected chi connectivity index (χ1v) is 11.1. The quantitative estimate of drug-likeness (QED) is 0.203. The fourth-order valence-electron chi connectivity index (χ4n) is 3.29. The molecule has 0 aliphatic heterocycles. The van der Waals surface area contributed by atoms with Crippen molar-refractivity contribution in [3.63, 3.8) is 0 Å². The van der Waals surface area contributed by atoms with Crippen molar-refractivity contribution in [3.8, 4) is 11.8 Å². The second kappa shape index (κ2) is 9.86. The fourth-order valence-corrected chi connectivity index (χ4v) is 4.22. The Balaban J connectivity index is 1.60. The number of hydrogen-bond donors (Lipinski definition) is 0. The lowest BCUT2D eigenvalue weighted by Gasteiger charge is -2.12. The van der Waals surface area contributed by atoms with Gasteiger partial charge in [-0.1, -0.05) is 88.9 Å². The van der Waals surface area contributed by atoms with Gasteiger partial charge in [-0.3, -0.25) is 0 Å². The van der Waals surface area contributed by atoms with E-state index in [1.807, 2.05) is 48.5 Å². The van der Waals surface area contributed by atoms with Crippen molar-refractivity contribution >= 4 is 68.8 Å². The minimum absolute atomic E-state index is 0.228. The van der Waals surface area contributed by atoms with Crippen molar-refractivity contribution in [3.05, 3.63) is 110 Å². The number of nitriles is 1. The van der Waals surface area contributed by atoms with Crippen LogP contribution in [0, 0.1) is 11.3 Å². The molecule has 158 valence electrons. The maximum absolute atomic E-state index is 9.73. The number of nitrogens with zero attached hydrogens (tertiary/aromatic N) is 1. The van der Waals surface area contributed by atoms with Crippen LogP contribution >= 0.6 is 46.4 Å². The number of benzene rings is 4. The molecule has 0 bridgehead atoms. The monoisotopic (exact) mass is 497 g/mol. The third-order valence-electron chi connectivity index (χ3n) is 4.88. The van der Waals surface area contributed by atoms with Gasteiger partial charge in [0.05, 0.1) is 31.7 Å². The van der Waals surface area contributed by atoms with Gasteiger partial charge < -0.3 is 4.74 Å². The predicted octanol–water partition coefficient (Wildman–Crippen LogP) is 9.10. The third kappa shape index (κ3) is 5.04. The summed E-state index contributed by atoms with van der Waals surface area (Å²) in [5, 5.41) is 13.5. The Kier molecular flexibility index (Phi) is 6.94. The average Bonchev–Trinajstić information content (AvgIpc) is 2.79. The number of fused-ring (bicyclic) bond motifs is 1. The van der Waals surface area contributed by atoms with Crippen LogP contribution in [0.5, 0.6) is 5.75 Å². The molecule has 4 aromatic carbocycles. The second-order valence-electron chi connectivity index (χ2n) is 7.08. The highest BCUT2D eigenvalue weighted by atomic mass is 35.5. The Bertz CT molecular complexity index is 1370. The smallest absolute Gasteiger partial charge is 0.157 e. The molecule has 0 atom stereocenters. The van der Waals surface area contributed by atoms with Gasteiger partial charge >= 0.3 is 0 Å². The van der Waals surface area contributed by atoms with E-state index in [1.54, 1.807) is 30.3 Å². The SMILES string of the molecule is N#C/C(=C/c1cc(Cl)c(OCc2ccc(Cl)c(Cl)c2)c(Cl)c1)c1ccc2ccccc2c1. The molecular weight excluding hydrogens is 484 g/mol. The minimum atomic E-state index is 0.228. The number of ether oxygens (including phenoxy) is 1. The summed E-state index contributed by atoms with van der Waals surface area (Å²) < 4.78 is 5.82. The maximum Gasteiger partial charge on any atom is 0.157 e. The van der Waals surface area contributed by atoms with Crippen LogP contribution in [0.25, 0.3) is 22.4 Å². The lowest BCUT2D eigenvalue weighted by atomic mass is 10.00. The van der Waals surface area contributed by atoms with Gasteiger partial charge in [0.1, 0.15) is 6.61 Å². The molecule has 0 N–H and O–H groups in total. The van der Waals surface area contributed by atoms with Crippen molar-refractivity contribution in [2.24, 2.45) is 0 Å². The fraction of sp³-hybridized carbons (Fsp3) is 0.0385. The van der Waals surface area contributed by atoms with Crippen molar-refractivity contribution < 1.29 is 4.74 Å². The van der Waals surface area contributed by atoms with E-state index in [0.29, 0.717) is 37.0 Å². The highest BCUT2D eigenvalue weighted by molar-refractivity contribution is 6.42. The first-order chi connectivity index (χ1) is 15.4. The molecule has 0 fully saturated rings. The zero-order valence-corrected chi connectivity index (χ0v) is 19.6. The largest absolute Gasteiger partial charge is 0.486 e. The van der Waals surface area contributed by atoms with Crippen LogP contribution < -0.4 is 4.74 Å². The predicted molar refractivity (Wildman–Crippen MR) is 135 cm³/mol. The van der Waals surface area contributed by atoms with E-state index in [4.69, 9.17) is 51.1 Å². The van der Waals surface area contributed by atoms with Gasteiger partial charge in [-0.15, -0.1) is 0 Å². The Labute approximate surface area is 206 Å². The van der Waals surface area contributed by atoms with E-state index in [1.165, 1.54) is 0 Å². The van der Waals surface area contributed by atoms with Crippen LogP contribution in [0.2, 0.25) is 20.1 Å². The topological polar surface area (TPSA) is 33.0 Å². The molecule has 0 aliphatic carbocycles. The Hall–Kier alpha value is -2.67. The van der Waals surface area contributed by atoms with Gasteiger partial charge in [0.25, 0.3) is 0 Å². The van der Waals surface area contributed by atoms with Crippen LogP contribution in [0.3, 0.4) is 0 Å². The minimum Gasteiger partial charge on any atom is -0.486 e. The molecule has 0 aromatic heterocycles. The van der Waals surface area contributed by atoms with Gasteiger partial charge in [-0.05, 0) is 63.9 Å². The molecular formula is C26H15Cl4NO. The molecule has 4 rings (SSSR count). The summed E-state index contributed by atoms with van der Waals surface area (Å²) in [4.78, 5) is 0. The molecule has 0 saturated carbocycles. The lowest BCUT2D eigenvalue weighted by Crippen LogP contribution is -1.97. The van der Waals surface area contributed by atoms with Crippen LogP contribution in [-0.4, -0.2) is 0 Å². The van der Waals surface area contributed by atoms with Crippen LogP contribution in [0.1, 0.15) is 16.7 Å².